The molecule has 0 aliphatic heterocycles. The van der Waals surface area contributed by atoms with Gasteiger partial charge in [0.25, 0.3) is 0 Å². The van der Waals surface area contributed by atoms with E-state index in [1.165, 1.54) is 0 Å². The van der Waals surface area contributed by atoms with E-state index in [-0.39, 0.29) is 6.42 Å². The van der Waals surface area contributed by atoms with Crippen molar-refractivity contribution in [1.29, 1.82) is 0 Å². The second-order valence-electron chi connectivity index (χ2n) is 4.86. The largest absolute Gasteiger partial charge is 0.481 e. The van der Waals surface area contributed by atoms with Crippen LogP contribution in [0.5, 0.6) is 0 Å². The third-order valence-electron chi connectivity index (χ3n) is 3.23. The highest BCUT2D eigenvalue weighted by molar-refractivity contribution is 7.09. The van der Waals surface area contributed by atoms with E-state index in [2.05, 4.69) is 22.4 Å². The molecule has 20 heavy (non-hydrogen) atoms. The van der Waals surface area contributed by atoms with Gasteiger partial charge in [0.1, 0.15) is 0 Å². The molecule has 0 fully saturated rings. The van der Waals surface area contributed by atoms with Crippen LogP contribution in [-0.2, 0) is 24.2 Å². The van der Waals surface area contributed by atoms with Crippen molar-refractivity contribution in [2.24, 2.45) is 0 Å². The van der Waals surface area contributed by atoms with E-state index in [0.717, 1.165) is 40.5 Å². The van der Waals surface area contributed by atoms with Crippen molar-refractivity contribution in [2.45, 2.75) is 46.6 Å². The van der Waals surface area contributed by atoms with E-state index in [1.807, 2.05) is 18.5 Å². The molecule has 0 saturated heterocycles. The van der Waals surface area contributed by atoms with Crippen molar-refractivity contribution in [3.8, 4) is 0 Å². The van der Waals surface area contributed by atoms with Gasteiger partial charge in [0, 0.05) is 16.6 Å². The number of carboxylic acids is 1. The Kier molecular flexibility index (Phi) is 4.54. The summed E-state index contributed by atoms with van der Waals surface area (Å²) in [5.41, 5.74) is 3.50. The van der Waals surface area contributed by atoms with Gasteiger partial charge in [-0.15, -0.1) is 11.3 Å². The zero-order valence-corrected chi connectivity index (χ0v) is 12.8. The monoisotopic (exact) mass is 293 g/mol. The molecule has 0 spiro atoms. The van der Waals surface area contributed by atoms with Crippen LogP contribution >= 0.6 is 11.3 Å². The first-order valence-corrected chi connectivity index (χ1v) is 7.57. The normalized spacial score (nSPS) is 10.9. The minimum atomic E-state index is -0.824. The van der Waals surface area contributed by atoms with E-state index in [0.29, 0.717) is 6.54 Å². The summed E-state index contributed by atoms with van der Waals surface area (Å²) in [5.74, 6) is -0.824. The number of carbonyl (C=O) groups is 1. The molecule has 0 radical (unpaired) electrons. The molecule has 5 nitrogen and oxygen atoms in total. The fourth-order valence-corrected chi connectivity index (χ4v) is 3.09. The molecular weight excluding hydrogens is 274 g/mol. The third kappa shape index (κ3) is 3.25. The minimum absolute atomic E-state index is 0.0236. The maximum Gasteiger partial charge on any atom is 0.307 e. The molecule has 6 heteroatoms. The van der Waals surface area contributed by atoms with E-state index < -0.39 is 5.97 Å². The van der Waals surface area contributed by atoms with Crippen LogP contribution in [0.3, 0.4) is 0 Å². The summed E-state index contributed by atoms with van der Waals surface area (Å²) in [7, 11) is 0. The molecule has 0 unspecified atom stereocenters. The van der Waals surface area contributed by atoms with Gasteiger partial charge in [-0.2, -0.15) is 5.10 Å². The van der Waals surface area contributed by atoms with Crippen LogP contribution in [0, 0.1) is 13.8 Å². The molecule has 2 aromatic heterocycles. The van der Waals surface area contributed by atoms with E-state index in [4.69, 9.17) is 5.11 Å². The average Bonchev–Trinajstić information content (AvgIpc) is 2.91. The topological polar surface area (TPSA) is 68.0 Å². The lowest BCUT2D eigenvalue weighted by molar-refractivity contribution is -0.136. The van der Waals surface area contributed by atoms with Crippen LogP contribution < -0.4 is 0 Å². The van der Waals surface area contributed by atoms with Gasteiger partial charge in [-0.25, -0.2) is 4.98 Å². The van der Waals surface area contributed by atoms with Crippen molar-refractivity contribution >= 4 is 17.3 Å². The van der Waals surface area contributed by atoms with Crippen LogP contribution in [0.2, 0.25) is 0 Å². The molecule has 0 bridgehead atoms. The third-order valence-corrected chi connectivity index (χ3v) is 4.19. The van der Waals surface area contributed by atoms with Crippen molar-refractivity contribution in [1.82, 2.24) is 14.8 Å². The molecule has 2 aromatic rings. The summed E-state index contributed by atoms with van der Waals surface area (Å²) >= 11 is 1.67. The van der Waals surface area contributed by atoms with Crippen molar-refractivity contribution in [2.75, 3.05) is 0 Å². The highest BCUT2D eigenvalue weighted by Gasteiger charge is 2.15. The number of hydrogen-bond acceptors (Lipinski definition) is 4. The predicted octanol–water partition coefficient (Wildman–Crippen LogP) is 2.58. The second kappa shape index (κ2) is 6.17. The Balaban J connectivity index is 2.18. The molecule has 108 valence electrons. The maximum atomic E-state index is 10.9. The highest BCUT2D eigenvalue weighted by atomic mass is 32.1. The number of rotatable bonds is 6. The molecule has 0 amide bonds. The Morgan fingerprint density at radius 3 is 2.85 bits per heavy atom. The van der Waals surface area contributed by atoms with Gasteiger partial charge in [-0.3, -0.25) is 9.48 Å². The molecule has 2 rings (SSSR count). The Bertz CT molecular complexity index is 616. The summed E-state index contributed by atoms with van der Waals surface area (Å²) in [6.45, 7) is 6.51. The lowest BCUT2D eigenvalue weighted by atomic mass is 10.1. The number of nitrogens with zero attached hydrogens (tertiary/aromatic N) is 3. The van der Waals surface area contributed by atoms with Gasteiger partial charge >= 0.3 is 5.97 Å². The fraction of sp³-hybridized carbons (Fsp3) is 0.500. The molecule has 0 aliphatic carbocycles. The quantitative estimate of drug-likeness (QED) is 0.889. The minimum Gasteiger partial charge on any atom is -0.481 e. The Morgan fingerprint density at radius 2 is 2.20 bits per heavy atom. The van der Waals surface area contributed by atoms with E-state index in [1.54, 1.807) is 11.3 Å². The number of aliphatic carboxylic acids is 1. The summed E-state index contributed by atoms with van der Waals surface area (Å²) in [6.07, 6.45) is 2.12. The summed E-state index contributed by atoms with van der Waals surface area (Å²) in [4.78, 5) is 15.4. The molecule has 0 saturated carbocycles. The Hall–Kier alpha value is -1.69. The molecular formula is C14H19N3O2S. The Labute approximate surface area is 122 Å². The summed E-state index contributed by atoms with van der Waals surface area (Å²) in [5, 5.41) is 16.6. The van der Waals surface area contributed by atoms with Gasteiger partial charge in [0.2, 0.25) is 0 Å². The first-order chi connectivity index (χ1) is 9.51. The smallest absolute Gasteiger partial charge is 0.307 e. The molecule has 0 aliphatic rings. The van der Waals surface area contributed by atoms with Gasteiger partial charge in [0.15, 0.2) is 0 Å². The summed E-state index contributed by atoms with van der Waals surface area (Å²) in [6, 6.07) is 0. The van der Waals surface area contributed by atoms with Crippen molar-refractivity contribution in [3.05, 3.63) is 33.0 Å². The van der Waals surface area contributed by atoms with Gasteiger partial charge in [-0.05, 0) is 26.7 Å². The molecule has 1 N–H and O–H groups in total. The molecule has 2 heterocycles. The first-order valence-electron chi connectivity index (χ1n) is 6.69. The average molecular weight is 293 g/mol. The SMILES string of the molecule is CCCc1nc(Cn2nc(C)c(CC(=O)O)c2C)cs1. The van der Waals surface area contributed by atoms with Crippen LogP contribution in [-0.4, -0.2) is 25.8 Å². The van der Waals surface area contributed by atoms with Crippen LogP contribution in [0.1, 0.15) is 41.0 Å². The number of aryl methyl sites for hydroxylation is 2. The van der Waals surface area contributed by atoms with Gasteiger partial charge < -0.3 is 5.11 Å². The summed E-state index contributed by atoms with van der Waals surface area (Å²) < 4.78 is 1.85. The second-order valence-corrected chi connectivity index (χ2v) is 5.80. The highest BCUT2D eigenvalue weighted by Crippen LogP contribution is 2.17. The fourth-order valence-electron chi connectivity index (χ4n) is 2.20. The standard InChI is InChI=1S/C14H19N3O2S/c1-4-5-13-15-11(8-20-13)7-17-10(3)12(6-14(18)19)9(2)16-17/h8H,4-7H2,1-3H3,(H,18,19). The number of aromatic nitrogens is 3. The van der Waals surface area contributed by atoms with Crippen LogP contribution in [0.25, 0.3) is 0 Å². The number of carboxylic acid groups (broad SMARTS) is 1. The van der Waals surface area contributed by atoms with Gasteiger partial charge in [-0.1, -0.05) is 6.92 Å². The predicted molar refractivity (Wildman–Crippen MR) is 78.3 cm³/mol. The Morgan fingerprint density at radius 1 is 1.45 bits per heavy atom. The van der Waals surface area contributed by atoms with E-state index in [9.17, 15) is 4.79 Å². The maximum absolute atomic E-state index is 10.9. The van der Waals surface area contributed by atoms with Gasteiger partial charge in [0.05, 0.1) is 29.4 Å². The molecule has 0 aromatic carbocycles. The molecule has 0 atom stereocenters. The number of thiazole rings is 1. The van der Waals surface area contributed by atoms with E-state index >= 15 is 0 Å². The van der Waals surface area contributed by atoms with Crippen molar-refractivity contribution in [3.63, 3.8) is 0 Å². The first kappa shape index (κ1) is 14.7. The van der Waals surface area contributed by atoms with Crippen LogP contribution in [0.4, 0.5) is 0 Å². The lowest BCUT2D eigenvalue weighted by Crippen LogP contribution is -2.06. The lowest BCUT2D eigenvalue weighted by Gasteiger charge is -2.02. The zero-order chi connectivity index (χ0) is 14.7. The van der Waals surface area contributed by atoms with Crippen LogP contribution in [0.15, 0.2) is 5.38 Å². The number of hydrogen-bond donors (Lipinski definition) is 1. The van der Waals surface area contributed by atoms with Crippen molar-refractivity contribution < 1.29 is 9.90 Å². The zero-order valence-electron chi connectivity index (χ0n) is 12.0.